The molecule has 1 atom stereocenters. The van der Waals surface area contributed by atoms with E-state index in [0.717, 1.165) is 13.1 Å². The van der Waals surface area contributed by atoms with Crippen molar-refractivity contribution < 1.29 is 4.39 Å². The van der Waals surface area contributed by atoms with Crippen LogP contribution < -0.4 is 5.73 Å². The number of hydrogen-bond acceptors (Lipinski definition) is 2. The average molecular weight is 248 g/mol. The summed E-state index contributed by atoms with van der Waals surface area (Å²) in [6, 6.07) is 6.80. The standard InChI is InChI=1S/C15H21FN2/c1-2-9-15(17,12-18-10-5-6-11-18)13-7-3-4-8-14(13)16/h2-4,7-8H,1,5-6,9-12,17H2. The van der Waals surface area contributed by atoms with Crippen molar-refractivity contribution in [3.05, 3.63) is 48.3 Å². The number of rotatable bonds is 5. The third-order valence-electron chi connectivity index (χ3n) is 3.62. The Morgan fingerprint density at radius 3 is 2.61 bits per heavy atom. The highest BCUT2D eigenvalue weighted by atomic mass is 19.1. The van der Waals surface area contributed by atoms with Crippen LogP contribution in [0.5, 0.6) is 0 Å². The van der Waals surface area contributed by atoms with E-state index in [4.69, 9.17) is 5.73 Å². The van der Waals surface area contributed by atoms with Crippen LogP contribution in [0, 0.1) is 5.82 Å². The summed E-state index contributed by atoms with van der Waals surface area (Å²) in [5, 5.41) is 0. The first-order valence-electron chi connectivity index (χ1n) is 6.53. The number of benzene rings is 1. The minimum atomic E-state index is -0.669. The molecule has 18 heavy (non-hydrogen) atoms. The van der Waals surface area contributed by atoms with Crippen molar-refractivity contribution in [3.8, 4) is 0 Å². The van der Waals surface area contributed by atoms with Crippen molar-refractivity contribution in [3.63, 3.8) is 0 Å². The fourth-order valence-corrected chi connectivity index (χ4v) is 2.72. The van der Waals surface area contributed by atoms with Crippen molar-refractivity contribution in [2.24, 2.45) is 5.73 Å². The predicted octanol–water partition coefficient (Wildman–Crippen LogP) is 2.65. The van der Waals surface area contributed by atoms with E-state index in [1.807, 2.05) is 6.07 Å². The Bertz CT molecular complexity index is 413. The highest BCUT2D eigenvalue weighted by molar-refractivity contribution is 5.27. The third-order valence-corrected chi connectivity index (χ3v) is 3.62. The van der Waals surface area contributed by atoms with Crippen molar-refractivity contribution in [2.75, 3.05) is 19.6 Å². The van der Waals surface area contributed by atoms with Crippen LogP contribution in [-0.4, -0.2) is 24.5 Å². The first-order valence-corrected chi connectivity index (χ1v) is 6.53. The Labute approximate surface area is 108 Å². The van der Waals surface area contributed by atoms with E-state index in [-0.39, 0.29) is 5.82 Å². The summed E-state index contributed by atoms with van der Waals surface area (Å²) in [5.74, 6) is -0.221. The second-order valence-corrected chi connectivity index (χ2v) is 5.11. The number of nitrogens with two attached hydrogens (primary N) is 1. The monoisotopic (exact) mass is 248 g/mol. The molecule has 0 amide bonds. The average Bonchev–Trinajstić information content (AvgIpc) is 2.82. The lowest BCUT2D eigenvalue weighted by Gasteiger charge is -2.33. The fraction of sp³-hybridized carbons (Fsp3) is 0.467. The Morgan fingerprint density at radius 2 is 2.00 bits per heavy atom. The molecule has 1 aliphatic rings. The largest absolute Gasteiger partial charge is 0.320 e. The topological polar surface area (TPSA) is 29.3 Å². The fourth-order valence-electron chi connectivity index (χ4n) is 2.72. The summed E-state index contributed by atoms with van der Waals surface area (Å²) in [5.41, 5.74) is 6.38. The van der Waals surface area contributed by atoms with Crippen molar-refractivity contribution in [2.45, 2.75) is 24.8 Å². The molecule has 0 radical (unpaired) electrons. The summed E-state index contributed by atoms with van der Waals surface area (Å²) in [6.07, 6.45) is 4.79. The van der Waals surface area contributed by atoms with Gasteiger partial charge in [0, 0.05) is 12.1 Å². The van der Waals surface area contributed by atoms with Gasteiger partial charge in [-0.1, -0.05) is 24.3 Å². The number of halogens is 1. The first-order chi connectivity index (χ1) is 8.65. The molecule has 1 unspecified atom stereocenters. The summed E-state index contributed by atoms with van der Waals surface area (Å²) in [4.78, 5) is 2.32. The minimum Gasteiger partial charge on any atom is -0.320 e. The highest BCUT2D eigenvalue weighted by Crippen LogP contribution is 2.27. The molecule has 98 valence electrons. The van der Waals surface area contributed by atoms with Crippen LogP contribution in [0.25, 0.3) is 0 Å². The Hall–Kier alpha value is -1.19. The second kappa shape index (κ2) is 5.63. The Morgan fingerprint density at radius 1 is 1.33 bits per heavy atom. The molecule has 3 heteroatoms. The second-order valence-electron chi connectivity index (χ2n) is 5.11. The normalized spacial score (nSPS) is 19.7. The number of likely N-dealkylation sites (tertiary alicyclic amines) is 1. The van der Waals surface area contributed by atoms with Gasteiger partial charge in [-0.2, -0.15) is 0 Å². The summed E-state index contributed by atoms with van der Waals surface area (Å²) >= 11 is 0. The van der Waals surface area contributed by atoms with Gasteiger partial charge in [-0.05, 0) is 38.4 Å². The van der Waals surface area contributed by atoms with Gasteiger partial charge in [0.25, 0.3) is 0 Å². The van der Waals surface area contributed by atoms with Crippen molar-refractivity contribution in [1.82, 2.24) is 4.90 Å². The molecule has 1 saturated heterocycles. The van der Waals surface area contributed by atoms with Crippen LogP contribution in [-0.2, 0) is 5.54 Å². The summed E-state index contributed by atoms with van der Waals surface area (Å²) < 4.78 is 13.9. The van der Waals surface area contributed by atoms with E-state index in [9.17, 15) is 4.39 Å². The zero-order valence-corrected chi connectivity index (χ0v) is 10.7. The van der Waals surface area contributed by atoms with Gasteiger partial charge in [0.15, 0.2) is 0 Å². The lowest BCUT2D eigenvalue weighted by molar-refractivity contribution is 0.243. The van der Waals surface area contributed by atoms with Gasteiger partial charge < -0.3 is 10.6 Å². The third kappa shape index (κ3) is 2.79. The van der Waals surface area contributed by atoms with Gasteiger partial charge in [0.05, 0.1) is 5.54 Å². The molecule has 1 fully saturated rings. The first kappa shape index (κ1) is 13.2. The van der Waals surface area contributed by atoms with Crippen LogP contribution in [0.15, 0.2) is 36.9 Å². The van der Waals surface area contributed by atoms with Gasteiger partial charge in [-0.25, -0.2) is 4.39 Å². The van der Waals surface area contributed by atoms with Gasteiger partial charge in [-0.3, -0.25) is 0 Å². The Balaban J connectivity index is 2.24. The smallest absolute Gasteiger partial charge is 0.128 e. The molecule has 0 saturated carbocycles. The van der Waals surface area contributed by atoms with E-state index < -0.39 is 5.54 Å². The van der Waals surface area contributed by atoms with Crippen LogP contribution in [0.4, 0.5) is 4.39 Å². The van der Waals surface area contributed by atoms with Gasteiger partial charge in [0.1, 0.15) is 5.82 Å². The predicted molar refractivity (Wildman–Crippen MR) is 72.8 cm³/mol. The molecule has 1 heterocycles. The maximum Gasteiger partial charge on any atom is 0.128 e. The highest BCUT2D eigenvalue weighted by Gasteiger charge is 2.31. The molecule has 1 aliphatic heterocycles. The molecular formula is C15H21FN2. The number of hydrogen-bond donors (Lipinski definition) is 1. The molecule has 1 aromatic carbocycles. The van der Waals surface area contributed by atoms with Crippen LogP contribution in [0.1, 0.15) is 24.8 Å². The van der Waals surface area contributed by atoms with Crippen LogP contribution in [0.2, 0.25) is 0 Å². The van der Waals surface area contributed by atoms with E-state index in [1.54, 1.807) is 18.2 Å². The van der Waals surface area contributed by atoms with Crippen LogP contribution in [0.3, 0.4) is 0 Å². The molecule has 0 aromatic heterocycles. The van der Waals surface area contributed by atoms with E-state index >= 15 is 0 Å². The molecule has 2 nitrogen and oxygen atoms in total. The molecular weight excluding hydrogens is 227 g/mol. The van der Waals surface area contributed by atoms with E-state index in [0.29, 0.717) is 18.5 Å². The minimum absolute atomic E-state index is 0.221. The summed E-state index contributed by atoms with van der Waals surface area (Å²) in [7, 11) is 0. The lowest BCUT2D eigenvalue weighted by Crippen LogP contribution is -2.47. The zero-order valence-electron chi connectivity index (χ0n) is 10.7. The maximum atomic E-state index is 13.9. The molecule has 0 bridgehead atoms. The molecule has 2 N–H and O–H groups in total. The summed E-state index contributed by atoms with van der Waals surface area (Å²) in [6.45, 7) is 6.57. The molecule has 2 rings (SSSR count). The van der Waals surface area contributed by atoms with Crippen molar-refractivity contribution in [1.29, 1.82) is 0 Å². The zero-order chi connectivity index (χ0) is 13.0. The van der Waals surface area contributed by atoms with Gasteiger partial charge in [0.2, 0.25) is 0 Å². The number of nitrogens with zero attached hydrogens (tertiary/aromatic N) is 1. The van der Waals surface area contributed by atoms with E-state index in [2.05, 4.69) is 11.5 Å². The van der Waals surface area contributed by atoms with Crippen LogP contribution >= 0.6 is 0 Å². The SMILES string of the molecule is C=CCC(N)(CN1CCCC1)c1ccccc1F. The molecule has 0 spiro atoms. The lowest BCUT2D eigenvalue weighted by atomic mass is 9.86. The van der Waals surface area contributed by atoms with Gasteiger partial charge in [-0.15, -0.1) is 6.58 Å². The van der Waals surface area contributed by atoms with Gasteiger partial charge >= 0.3 is 0 Å². The molecule has 1 aromatic rings. The maximum absolute atomic E-state index is 13.9. The van der Waals surface area contributed by atoms with Crippen molar-refractivity contribution >= 4 is 0 Å². The quantitative estimate of drug-likeness (QED) is 0.812. The Kier molecular flexibility index (Phi) is 4.15. The molecule has 0 aliphatic carbocycles. The van der Waals surface area contributed by atoms with E-state index in [1.165, 1.54) is 18.9 Å².